The molecule has 1 heterocycles. The number of benzene rings is 2. The van der Waals surface area contributed by atoms with Crippen LogP contribution < -0.4 is 5.32 Å². The van der Waals surface area contributed by atoms with Crippen LogP contribution in [0.3, 0.4) is 0 Å². The van der Waals surface area contributed by atoms with E-state index in [0.29, 0.717) is 5.56 Å². The Morgan fingerprint density at radius 3 is 2.33 bits per heavy atom. The Bertz CT molecular complexity index is 992. The average Bonchev–Trinajstić information content (AvgIpc) is 2.97. The smallest absolute Gasteiger partial charge is 0.325 e. The molecule has 0 saturated carbocycles. The first-order valence-corrected chi connectivity index (χ1v) is 9.35. The van der Waals surface area contributed by atoms with Gasteiger partial charge in [0.15, 0.2) is 0 Å². The van der Waals surface area contributed by atoms with E-state index in [4.69, 9.17) is 0 Å². The second kappa shape index (κ2) is 7.94. The highest BCUT2D eigenvalue weighted by atomic mass is 16.6. The number of amides is 4. The number of hydrogen-bond donors (Lipinski definition) is 1. The lowest BCUT2D eigenvalue weighted by molar-refractivity contribution is -0.384. The molecular formula is C21H22N4O5. The van der Waals surface area contributed by atoms with E-state index in [1.54, 1.807) is 7.05 Å². The minimum absolute atomic E-state index is 0.123. The van der Waals surface area contributed by atoms with Crippen LogP contribution in [-0.4, -0.2) is 46.2 Å². The van der Waals surface area contributed by atoms with Crippen molar-refractivity contribution in [1.82, 2.24) is 15.1 Å². The van der Waals surface area contributed by atoms with E-state index in [1.165, 1.54) is 36.1 Å². The van der Waals surface area contributed by atoms with Gasteiger partial charge in [0.05, 0.1) is 11.0 Å². The number of carbonyl (C=O) groups is 3. The highest BCUT2D eigenvalue weighted by Crippen LogP contribution is 2.30. The zero-order valence-corrected chi connectivity index (χ0v) is 16.9. The first-order valence-electron chi connectivity index (χ1n) is 9.35. The molecule has 2 atom stereocenters. The normalized spacial score (nSPS) is 19.4. The van der Waals surface area contributed by atoms with Gasteiger partial charge >= 0.3 is 6.03 Å². The first-order chi connectivity index (χ1) is 14.1. The number of likely N-dealkylation sites (N-methyl/N-ethyl adjacent to an activating group) is 1. The van der Waals surface area contributed by atoms with Crippen molar-refractivity contribution in [3.8, 4) is 0 Å². The lowest BCUT2D eigenvalue weighted by Crippen LogP contribution is -2.44. The molecule has 1 aliphatic rings. The van der Waals surface area contributed by atoms with E-state index >= 15 is 0 Å². The minimum atomic E-state index is -1.41. The van der Waals surface area contributed by atoms with Crippen molar-refractivity contribution in [3.05, 3.63) is 75.8 Å². The van der Waals surface area contributed by atoms with E-state index < -0.39 is 28.9 Å². The molecule has 0 aliphatic carbocycles. The molecule has 30 heavy (non-hydrogen) atoms. The number of nitrogens with zero attached hydrogens (tertiary/aromatic N) is 3. The van der Waals surface area contributed by atoms with Gasteiger partial charge in [-0.3, -0.25) is 24.6 Å². The topological polar surface area (TPSA) is 113 Å². The molecule has 3 rings (SSSR count). The summed E-state index contributed by atoms with van der Waals surface area (Å²) in [5.74, 6) is -0.974. The number of hydrogen-bond acceptors (Lipinski definition) is 5. The molecule has 0 unspecified atom stereocenters. The molecule has 9 heteroatoms. The summed E-state index contributed by atoms with van der Waals surface area (Å²) in [4.78, 5) is 50.9. The molecule has 2 aromatic rings. The van der Waals surface area contributed by atoms with Crippen LogP contribution in [0.2, 0.25) is 0 Å². The zero-order valence-electron chi connectivity index (χ0n) is 16.9. The number of carbonyl (C=O) groups excluding carboxylic acids is 3. The molecule has 0 radical (unpaired) electrons. The second-order valence-corrected chi connectivity index (χ2v) is 7.34. The molecule has 0 spiro atoms. The largest absolute Gasteiger partial charge is 0.337 e. The highest BCUT2D eigenvalue weighted by molar-refractivity contribution is 6.09. The maximum absolute atomic E-state index is 13.0. The summed E-state index contributed by atoms with van der Waals surface area (Å²) in [6, 6.07) is 13.9. The Hall–Kier alpha value is -3.75. The summed E-state index contributed by atoms with van der Waals surface area (Å²) in [5, 5.41) is 13.4. The summed E-state index contributed by atoms with van der Waals surface area (Å²) in [6.07, 6.45) is 0. The Morgan fingerprint density at radius 2 is 1.77 bits per heavy atom. The second-order valence-electron chi connectivity index (χ2n) is 7.34. The molecule has 0 bridgehead atoms. The van der Waals surface area contributed by atoms with Crippen LogP contribution in [0.4, 0.5) is 10.5 Å². The number of urea groups is 1. The summed E-state index contributed by atoms with van der Waals surface area (Å²) in [5.41, 5.74) is -0.202. The van der Waals surface area contributed by atoms with Gasteiger partial charge in [0.1, 0.15) is 12.1 Å². The number of rotatable bonds is 6. The maximum Gasteiger partial charge on any atom is 0.325 e. The fourth-order valence-electron chi connectivity index (χ4n) is 3.37. The maximum atomic E-state index is 13.0. The number of non-ortho nitro benzene ring substituents is 1. The lowest BCUT2D eigenvalue weighted by atomic mass is 9.92. The van der Waals surface area contributed by atoms with Crippen molar-refractivity contribution in [2.45, 2.75) is 25.4 Å². The monoisotopic (exact) mass is 410 g/mol. The molecular weight excluding hydrogens is 388 g/mol. The standard InChI is InChI=1S/C21H22N4O5/c1-14(15-7-5-4-6-8-15)23(3)18(26)13-24-19(27)21(2,22-20(24)28)16-9-11-17(12-10-16)25(29)30/h4-12,14H,13H2,1-3H3,(H,22,28)/t14-,21-/m1/s1. The number of nitro benzene ring substituents is 1. The van der Waals surface area contributed by atoms with Crippen molar-refractivity contribution in [1.29, 1.82) is 0 Å². The molecule has 9 nitrogen and oxygen atoms in total. The van der Waals surface area contributed by atoms with Gasteiger partial charge in [-0.15, -0.1) is 0 Å². The van der Waals surface area contributed by atoms with E-state index in [9.17, 15) is 24.5 Å². The average molecular weight is 410 g/mol. The fourth-order valence-corrected chi connectivity index (χ4v) is 3.37. The Morgan fingerprint density at radius 1 is 1.17 bits per heavy atom. The van der Waals surface area contributed by atoms with E-state index in [-0.39, 0.29) is 17.6 Å². The van der Waals surface area contributed by atoms with Gasteiger partial charge in [-0.1, -0.05) is 30.3 Å². The van der Waals surface area contributed by atoms with Crippen LogP contribution in [0.15, 0.2) is 54.6 Å². The summed E-state index contributed by atoms with van der Waals surface area (Å²) >= 11 is 0. The number of nitrogens with one attached hydrogen (secondary N) is 1. The Balaban J connectivity index is 1.75. The predicted octanol–water partition coefficient (Wildman–Crippen LogP) is 2.58. The third-order valence-electron chi connectivity index (χ3n) is 5.48. The van der Waals surface area contributed by atoms with Crippen molar-refractivity contribution in [2.24, 2.45) is 0 Å². The van der Waals surface area contributed by atoms with Crippen molar-refractivity contribution >= 4 is 23.5 Å². The first kappa shape index (κ1) is 21.0. The molecule has 1 N–H and O–H groups in total. The van der Waals surface area contributed by atoms with Gasteiger partial charge in [-0.2, -0.15) is 0 Å². The van der Waals surface area contributed by atoms with Gasteiger partial charge in [0.25, 0.3) is 11.6 Å². The summed E-state index contributed by atoms with van der Waals surface area (Å²) < 4.78 is 0. The lowest BCUT2D eigenvalue weighted by Gasteiger charge is -2.27. The van der Waals surface area contributed by atoms with Crippen LogP contribution in [0.5, 0.6) is 0 Å². The van der Waals surface area contributed by atoms with Crippen LogP contribution in [0, 0.1) is 10.1 Å². The third-order valence-corrected chi connectivity index (χ3v) is 5.48. The van der Waals surface area contributed by atoms with E-state index in [2.05, 4.69) is 5.32 Å². The van der Waals surface area contributed by atoms with E-state index in [0.717, 1.165) is 10.5 Å². The highest BCUT2D eigenvalue weighted by Gasteiger charge is 2.49. The predicted molar refractivity (Wildman–Crippen MR) is 108 cm³/mol. The molecule has 1 aliphatic heterocycles. The summed E-state index contributed by atoms with van der Waals surface area (Å²) in [7, 11) is 1.62. The molecule has 1 fully saturated rings. The van der Waals surface area contributed by atoms with Crippen LogP contribution in [0.25, 0.3) is 0 Å². The Kier molecular flexibility index (Phi) is 5.55. The van der Waals surface area contributed by atoms with Gasteiger partial charge in [0.2, 0.25) is 5.91 Å². The van der Waals surface area contributed by atoms with Crippen LogP contribution >= 0.6 is 0 Å². The number of imide groups is 1. The Labute approximate surface area is 173 Å². The van der Waals surface area contributed by atoms with Gasteiger partial charge in [-0.05, 0) is 37.1 Å². The zero-order chi connectivity index (χ0) is 22.1. The van der Waals surface area contributed by atoms with Gasteiger partial charge in [0, 0.05) is 19.2 Å². The quantitative estimate of drug-likeness (QED) is 0.447. The van der Waals surface area contributed by atoms with Gasteiger partial charge < -0.3 is 10.2 Å². The molecule has 2 aromatic carbocycles. The third kappa shape index (κ3) is 3.73. The molecule has 1 saturated heterocycles. The fraction of sp³-hybridized carbons (Fsp3) is 0.286. The summed E-state index contributed by atoms with van der Waals surface area (Å²) in [6.45, 7) is 2.97. The van der Waals surface area contributed by atoms with Crippen LogP contribution in [-0.2, 0) is 15.1 Å². The van der Waals surface area contributed by atoms with Gasteiger partial charge in [-0.25, -0.2) is 4.79 Å². The van der Waals surface area contributed by atoms with Crippen LogP contribution in [0.1, 0.15) is 31.0 Å². The van der Waals surface area contributed by atoms with E-state index in [1.807, 2.05) is 37.3 Å². The number of nitro groups is 1. The molecule has 0 aromatic heterocycles. The molecule has 156 valence electrons. The SMILES string of the molecule is C[C@H](c1ccccc1)N(C)C(=O)CN1C(=O)N[C@](C)(c2ccc([N+](=O)[O-])cc2)C1=O. The van der Waals surface area contributed by atoms with Crippen molar-refractivity contribution < 1.29 is 19.3 Å². The minimum Gasteiger partial charge on any atom is -0.337 e. The van der Waals surface area contributed by atoms with Crippen molar-refractivity contribution in [2.75, 3.05) is 13.6 Å². The van der Waals surface area contributed by atoms with Crippen molar-refractivity contribution in [3.63, 3.8) is 0 Å². The molecule has 4 amide bonds.